The van der Waals surface area contributed by atoms with E-state index in [4.69, 9.17) is 10.2 Å². The summed E-state index contributed by atoms with van der Waals surface area (Å²) in [5.74, 6) is 1.83. The first-order valence-corrected chi connectivity index (χ1v) is 5.52. The summed E-state index contributed by atoms with van der Waals surface area (Å²) in [6, 6.07) is 3.90. The Hall–Kier alpha value is -1.55. The van der Waals surface area contributed by atoms with Crippen LogP contribution in [0.25, 0.3) is 0 Å². The highest BCUT2D eigenvalue weighted by Crippen LogP contribution is 2.24. The van der Waals surface area contributed by atoms with E-state index in [9.17, 15) is 0 Å². The SMILES string of the molecule is CCC(N)C(c1ccco1)n1ccnc1C. The summed E-state index contributed by atoms with van der Waals surface area (Å²) < 4.78 is 7.53. The minimum Gasteiger partial charge on any atom is -0.467 e. The second-order valence-corrected chi connectivity index (χ2v) is 3.91. The third kappa shape index (κ3) is 1.88. The second kappa shape index (κ2) is 4.53. The number of nitrogens with two attached hydrogens (primary N) is 1. The van der Waals surface area contributed by atoms with Crippen LogP contribution in [0.2, 0.25) is 0 Å². The van der Waals surface area contributed by atoms with Crippen LogP contribution in [0.15, 0.2) is 35.2 Å². The van der Waals surface area contributed by atoms with Crippen molar-refractivity contribution in [2.45, 2.75) is 32.4 Å². The molecule has 0 saturated carbocycles. The fourth-order valence-electron chi connectivity index (χ4n) is 1.92. The van der Waals surface area contributed by atoms with E-state index >= 15 is 0 Å². The van der Waals surface area contributed by atoms with Crippen molar-refractivity contribution in [3.63, 3.8) is 0 Å². The highest BCUT2D eigenvalue weighted by Gasteiger charge is 2.23. The Morgan fingerprint density at radius 1 is 1.56 bits per heavy atom. The third-order valence-electron chi connectivity index (χ3n) is 2.87. The van der Waals surface area contributed by atoms with Crippen LogP contribution in [0.4, 0.5) is 0 Å². The number of nitrogens with zero attached hydrogens (tertiary/aromatic N) is 2. The van der Waals surface area contributed by atoms with Crippen molar-refractivity contribution in [2.75, 3.05) is 0 Å². The van der Waals surface area contributed by atoms with Crippen LogP contribution in [0.1, 0.15) is 31.0 Å². The van der Waals surface area contributed by atoms with Gasteiger partial charge in [0.1, 0.15) is 17.6 Å². The van der Waals surface area contributed by atoms with Gasteiger partial charge in [-0.05, 0) is 25.5 Å². The van der Waals surface area contributed by atoms with Gasteiger partial charge in [-0.25, -0.2) is 4.98 Å². The first kappa shape index (κ1) is 11.0. The fourth-order valence-corrected chi connectivity index (χ4v) is 1.92. The minimum absolute atomic E-state index is 0.0269. The lowest BCUT2D eigenvalue weighted by Crippen LogP contribution is -2.32. The largest absolute Gasteiger partial charge is 0.467 e. The van der Waals surface area contributed by atoms with Gasteiger partial charge in [0.25, 0.3) is 0 Å². The molecular formula is C12H17N3O. The standard InChI is InChI=1S/C12H17N3O/c1-3-10(13)12(11-5-4-8-16-11)15-7-6-14-9(15)2/h4-8,10,12H,3,13H2,1-2H3. The molecule has 4 heteroatoms. The van der Waals surface area contributed by atoms with E-state index in [1.165, 1.54) is 0 Å². The summed E-state index contributed by atoms with van der Waals surface area (Å²) >= 11 is 0. The van der Waals surface area contributed by atoms with E-state index in [0.717, 1.165) is 18.0 Å². The predicted octanol–water partition coefficient (Wildman–Crippen LogP) is 2.11. The number of rotatable bonds is 4. The lowest BCUT2D eigenvalue weighted by Gasteiger charge is -2.23. The fraction of sp³-hybridized carbons (Fsp3) is 0.417. The molecule has 0 aliphatic carbocycles. The number of imidazole rings is 1. The van der Waals surface area contributed by atoms with Crippen LogP contribution in [0.5, 0.6) is 0 Å². The zero-order valence-electron chi connectivity index (χ0n) is 9.63. The predicted molar refractivity (Wildman–Crippen MR) is 62.1 cm³/mol. The molecule has 0 bridgehead atoms. The van der Waals surface area contributed by atoms with Crippen molar-refractivity contribution in [1.29, 1.82) is 0 Å². The van der Waals surface area contributed by atoms with Crippen LogP contribution in [0.3, 0.4) is 0 Å². The summed E-state index contributed by atoms with van der Waals surface area (Å²) in [5.41, 5.74) is 6.16. The van der Waals surface area contributed by atoms with Gasteiger partial charge in [0.05, 0.1) is 6.26 Å². The average Bonchev–Trinajstić information content (AvgIpc) is 2.92. The third-order valence-corrected chi connectivity index (χ3v) is 2.87. The van der Waals surface area contributed by atoms with Crippen molar-refractivity contribution >= 4 is 0 Å². The quantitative estimate of drug-likeness (QED) is 0.856. The summed E-state index contributed by atoms with van der Waals surface area (Å²) in [7, 11) is 0. The monoisotopic (exact) mass is 219 g/mol. The van der Waals surface area contributed by atoms with E-state index in [-0.39, 0.29) is 12.1 Å². The average molecular weight is 219 g/mol. The van der Waals surface area contributed by atoms with Crippen molar-refractivity contribution in [3.8, 4) is 0 Å². The second-order valence-electron chi connectivity index (χ2n) is 3.91. The van der Waals surface area contributed by atoms with E-state index in [1.807, 2.05) is 25.3 Å². The summed E-state index contributed by atoms with van der Waals surface area (Å²) in [4.78, 5) is 4.23. The van der Waals surface area contributed by atoms with Crippen molar-refractivity contribution < 1.29 is 4.42 Å². The van der Waals surface area contributed by atoms with Gasteiger partial charge in [0.2, 0.25) is 0 Å². The van der Waals surface area contributed by atoms with Gasteiger partial charge in [0, 0.05) is 18.4 Å². The van der Waals surface area contributed by atoms with E-state index < -0.39 is 0 Å². The Morgan fingerprint density at radius 3 is 2.88 bits per heavy atom. The summed E-state index contributed by atoms with van der Waals surface area (Å²) in [6.45, 7) is 4.05. The van der Waals surface area contributed by atoms with Crippen LogP contribution in [-0.2, 0) is 0 Å². The van der Waals surface area contributed by atoms with Crippen LogP contribution in [-0.4, -0.2) is 15.6 Å². The normalized spacial score (nSPS) is 14.9. The van der Waals surface area contributed by atoms with E-state index in [2.05, 4.69) is 16.5 Å². The van der Waals surface area contributed by atoms with Gasteiger partial charge in [-0.2, -0.15) is 0 Å². The van der Waals surface area contributed by atoms with Gasteiger partial charge < -0.3 is 14.7 Å². The molecule has 4 nitrogen and oxygen atoms in total. The number of aryl methyl sites for hydroxylation is 1. The maximum Gasteiger partial charge on any atom is 0.128 e. The minimum atomic E-state index is 0.0269. The highest BCUT2D eigenvalue weighted by atomic mass is 16.3. The molecule has 0 saturated heterocycles. The Morgan fingerprint density at radius 2 is 2.38 bits per heavy atom. The van der Waals surface area contributed by atoms with Gasteiger partial charge in [0.15, 0.2) is 0 Å². The zero-order chi connectivity index (χ0) is 11.5. The van der Waals surface area contributed by atoms with Crippen molar-refractivity contribution in [2.24, 2.45) is 5.73 Å². The number of hydrogen-bond donors (Lipinski definition) is 1. The molecule has 0 fully saturated rings. The van der Waals surface area contributed by atoms with Crippen LogP contribution >= 0.6 is 0 Å². The number of aromatic nitrogens is 2. The molecule has 2 heterocycles. The Labute approximate surface area is 95.1 Å². The van der Waals surface area contributed by atoms with Gasteiger partial charge >= 0.3 is 0 Å². The highest BCUT2D eigenvalue weighted by molar-refractivity contribution is 5.11. The first-order valence-electron chi connectivity index (χ1n) is 5.52. The number of furan rings is 1. The molecule has 2 N–H and O–H groups in total. The molecule has 0 amide bonds. The van der Waals surface area contributed by atoms with Crippen LogP contribution < -0.4 is 5.73 Å². The molecule has 2 rings (SSSR count). The molecule has 0 radical (unpaired) electrons. The Balaban J connectivity index is 2.40. The lowest BCUT2D eigenvalue weighted by atomic mass is 10.0. The Kier molecular flexibility index (Phi) is 3.10. The Bertz CT molecular complexity index is 433. The van der Waals surface area contributed by atoms with Crippen LogP contribution in [0, 0.1) is 6.92 Å². The van der Waals surface area contributed by atoms with Gasteiger partial charge in [-0.1, -0.05) is 6.92 Å². The molecule has 2 atom stereocenters. The molecule has 16 heavy (non-hydrogen) atoms. The smallest absolute Gasteiger partial charge is 0.128 e. The topological polar surface area (TPSA) is 57.0 Å². The lowest BCUT2D eigenvalue weighted by molar-refractivity contribution is 0.368. The maximum atomic E-state index is 6.16. The molecule has 0 aliphatic heterocycles. The molecule has 0 spiro atoms. The molecule has 2 aromatic rings. The molecule has 0 aliphatic rings. The maximum absolute atomic E-state index is 6.16. The summed E-state index contributed by atoms with van der Waals surface area (Å²) in [6.07, 6.45) is 6.30. The number of hydrogen-bond acceptors (Lipinski definition) is 3. The molecule has 2 aromatic heterocycles. The van der Waals surface area contributed by atoms with E-state index in [0.29, 0.717) is 0 Å². The molecular weight excluding hydrogens is 202 g/mol. The van der Waals surface area contributed by atoms with Gasteiger partial charge in [-0.15, -0.1) is 0 Å². The molecule has 2 unspecified atom stereocenters. The van der Waals surface area contributed by atoms with Crippen molar-refractivity contribution in [3.05, 3.63) is 42.4 Å². The van der Waals surface area contributed by atoms with Gasteiger partial charge in [-0.3, -0.25) is 0 Å². The van der Waals surface area contributed by atoms with E-state index in [1.54, 1.807) is 12.5 Å². The first-order chi connectivity index (χ1) is 7.74. The molecule has 86 valence electrons. The summed E-state index contributed by atoms with van der Waals surface area (Å²) in [5, 5.41) is 0. The van der Waals surface area contributed by atoms with Crippen molar-refractivity contribution in [1.82, 2.24) is 9.55 Å². The zero-order valence-corrected chi connectivity index (χ0v) is 9.63. The molecule has 0 aromatic carbocycles.